The quantitative estimate of drug-likeness (QED) is 0.843. The highest BCUT2D eigenvalue weighted by molar-refractivity contribution is 6.02. The number of hydrogen-bond donors (Lipinski definition) is 1. The maximum atomic E-state index is 8.97. The van der Waals surface area contributed by atoms with Crippen molar-refractivity contribution < 1.29 is 9.94 Å². The highest BCUT2D eigenvalue weighted by atomic mass is 16.6. The first-order valence-corrected chi connectivity index (χ1v) is 5.76. The van der Waals surface area contributed by atoms with Crippen LogP contribution in [0.4, 0.5) is 0 Å². The summed E-state index contributed by atoms with van der Waals surface area (Å²) in [6.45, 7) is 2.28. The summed E-state index contributed by atoms with van der Waals surface area (Å²) in [5, 5.41) is 13.1. The Labute approximate surface area is 95.7 Å². The highest BCUT2D eigenvalue weighted by Gasteiger charge is 2.32. The van der Waals surface area contributed by atoms with Crippen LogP contribution in [0.2, 0.25) is 0 Å². The van der Waals surface area contributed by atoms with Crippen LogP contribution in [-0.4, -0.2) is 23.5 Å². The SMILES string of the molecule is CC[C@H]1C(c2ccccc2)=NO[C@@H]1CCO. The van der Waals surface area contributed by atoms with Gasteiger partial charge in [-0.05, 0) is 12.0 Å². The molecule has 1 aliphatic heterocycles. The fraction of sp³-hybridized carbons (Fsp3) is 0.462. The molecule has 0 aliphatic carbocycles. The molecule has 0 spiro atoms. The van der Waals surface area contributed by atoms with Crippen molar-refractivity contribution in [2.24, 2.45) is 11.1 Å². The first-order chi connectivity index (χ1) is 7.86. The molecule has 1 aliphatic rings. The van der Waals surface area contributed by atoms with Gasteiger partial charge in [-0.2, -0.15) is 0 Å². The molecule has 0 radical (unpaired) electrons. The van der Waals surface area contributed by atoms with E-state index >= 15 is 0 Å². The molecule has 0 amide bonds. The smallest absolute Gasteiger partial charge is 0.138 e. The summed E-state index contributed by atoms with van der Waals surface area (Å²) in [5.74, 6) is 0.301. The van der Waals surface area contributed by atoms with Crippen LogP contribution in [-0.2, 0) is 4.84 Å². The molecule has 16 heavy (non-hydrogen) atoms. The average Bonchev–Trinajstić information content (AvgIpc) is 2.73. The Balaban J connectivity index is 2.17. The summed E-state index contributed by atoms with van der Waals surface area (Å²) in [4.78, 5) is 5.39. The van der Waals surface area contributed by atoms with Crippen LogP contribution in [0.25, 0.3) is 0 Å². The predicted octanol–water partition coefficient (Wildman–Crippen LogP) is 2.20. The summed E-state index contributed by atoms with van der Waals surface area (Å²) in [6, 6.07) is 10.1. The van der Waals surface area contributed by atoms with Gasteiger partial charge in [0.1, 0.15) is 6.10 Å². The molecule has 2 atom stereocenters. The summed E-state index contributed by atoms with van der Waals surface area (Å²) in [7, 11) is 0. The van der Waals surface area contributed by atoms with E-state index in [1.807, 2.05) is 30.3 Å². The zero-order chi connectivity index (χ0) is 11.4. The van der Waals surface area contributed by atoms with Crippen LogP contribution < -0.4 is 0 Å². The van der Waals surface area contributed by atoms with Crippen molar-refractivity contribution in [1.29, 1.82) is 0 Å². The van der Waals surface area contributed by atoms with Gasteiger partial charge in [0.15, 0.2) is 0 Å². The van der Waals surface area contributed by atoms with Crippen LogP contribution in [0.1, 0.15) is 25.3 Å². The minimum Gasteiger partial charge on any atom is -0.396 e. The number of aliphatic hydroxyl groups excluding tert-OH is 1. The summed E-state index contributed by atoms with van der Waals surface area (Å²) in [5.41, 5.74) is 2.14. The van der Waals surface area contributed by atoms with E-state index in [1.165, 1.54) is 0 Å². The van der Waals surface area contributed by atoms with Crippen molar-refractivity contribution >= 4 is 5.71 Å². The average molecular weight is 219 g/mol. The van der Waals surface area contributed by atoms with Gasteiger partial charge in [-0.15, -0.1) is 0 Å². The van der Waals surface area contributed by atoms with Gasteiger partial charge >= 0.3 is 0 Å². The molecule has 0 saturated heterocycles. The first-order valence-electron chi connectivity index (χ1n) is 5.76. The van der Waals surface area contributed by atoms with Crippen LogP contribution in [0, 0.1) is 5.92 Å². The van der Waals surface area contributed by atoms with E-state index in [0.29, 0.717) is 12.3 Å². The summed E-state index contributed by atoms with van der Waals surface area (Å²) < 4.78 is 0. The zero-order valence-electron chi connectivity index (χ0n) is 9.47. The van der Waals surface area contributed by atoms with Crippen molar-refractivity contribution in [2.75, 3.05) is 6.61 Å². The Morgan fingerprint density at radius 2 is 2.06 bits per heavy atom. The number of nitrogens with zero attached hydrogens (tertiary/aromatic N) is 1. The maximum Gasteiger partial charge on any atom is 0.138 e. The van der Waals surface area contributed by atoms with Crippen molar-refractivity contribution in [3.05, 3.63) is 35.9 Å². The fourth-order valence-corrected chi connectivity index (χ4v) is 2.15. The maximum absolute atomic E-state index is 8.97. The van der Waals surface area contributed by atoms with E-state index < -0.39 is 0 Å². The van der Waals surface area contributed by atoms with Gasteiger partial charge in [-0.3, -0.25) is 0 Å². The van der Waals surface area contributed by atoms with E-state index in [4.69, 9.17) is 9.94 Å². The molecule has 0 saturated carbocycles. The van der Waals surface area contributed by atoms with Crippen LogP contribution in [0.3, 0.4) is 0 Å². The Hall–Kier alpha value is -1.35. The second kappa shape index (κ2) is 5.12. The van der Waals surface area contributed by atoms with E-state index in [2.05, 4.69) is 12.1 Å². The molecule has 1 heterocycles. The lowest BCUT2D eigenvalue weighted by atomic mass is 9.89. The second-order valence-electron chi connectivity index (χ2n) is 4.01. The zero-order valence-corrected chi connectivity index (χ0v) is 9.47. The third-order valence-corrected chi connectivity index (χ3v) is 3.01. The van der Waals surface area contributed by atoms with Gasteiger partial charge in [0.25, 0.3) is 0 Å². The van der Waals surface area contributed by atoms with Crippen molar-refractivity contribution in [1.82, 2.24) is 0 Å². The Morgan fingerprint density at radius 3 is 2.69 bits per heavy atom. The lowest BCUT2D eigenvalue weighted by Crippen LogP contribution is -2.24. The summed E-state index contributed by atoms with van der Waals surface area (Å²) >= 11 is 0. The highest BCUT2D eigenvalue weighted by Crippen LogP contribution is 2.27. The van der Waals surface area contributed by atoms with Gasteiger partial charge in [0, 0.05) is 18.9 Å². The first kappa shape index (κ1) is 11.1. The Bertz CT molecular complexity index is 361. The van der Waals surface area contributed by atoms with Crippen molar-refractivity contribution in [3.63, 3.8) is 0 Å². The lowest BCUT2D eigenvalue weighted by molar-refractivity contribution is 0.0415. The molecular formula is C13H17NO2. The third-order valence-electron chi connectivity index (χ3n) is 3.01. The molecule has 1 aromatic carbocycles. The minimum absolute atomic E-state index is 0.0326. The molecule has 0 unspecified atom stereocenters. The normalized spacial score (nSPS) is 24.0. The monoisotopic (exact) mass is 219 g/mol. The van der Waals surface area contributed by atoms with Gasteiger partial charge in [0.05, 0.1) is 5.71 Å². The van der Waals surface area contributed by atoms with Gasteiger partial charge in [-0.1, -0.05) is 42.4 Å². The van der Waals surface area contributed by atoms with Gasteiger partial charge in [-0.25, -0.2) is 0 Å². The third kappa shape index (κ3) is 2.09. The molecule has 3 heteroatoms. The van der Waals surface area contributed by atoms with Gasteiger partial charge in [0.2, 0.25) is 0 Å². The van der Waals surface area contributed by atoms with Crippen LogP contribution in [0.5, 0.6) is 0 Å². The van der Waals surface area contributed by atoms with Crippen molar-refractivity contribution in [3.8, 4) is 0 Å². The summed E-state index contributed by atoms with van der Waals surface area (Å²) in [6.07, 6.45) is 1.67. The standard InChI is InChI=1S/C13H17NO2/c1-2-11-12(8-9-15)16-14-13(11)10-6-4-3-5-7-10/h3-7,11-12,15H,2,8-9H2,1H3/t11-,12-/m1/s1. The molecule has 3 nitrogen and oxygen atoms in total. The fourth-order valence-electron chi connectivity index (χ4n) is 2.15. The molecule has 86 valence electrons. The predicted molar refractivity (Wildman–Crippen MR) is 63.3 cm³/mol. The number of oxime groups is 1. The van der Waals surface area contributed by atoms with Crippen LogP contribution in [0.15, 0.2) is 35.5 Å². The molecule has 1 aromatic rings. The molecular weight excluding hydrogens is 202 g/mol. The molecule has 1 N–H and O–H groups in total. The minimum atomic E-state index is 0.0326. The second-order valence-corrected chi connectivity index (χ2v) is 4.01. The Kier molecular flexibility index (Phi) is 3.57. The van der Waals surface area contributed by atoms with Gasteiger partial charge < -0.3 is 9.94 Å². The number of rotatable bonds is 4. The van der Waals surface area contributed by atoms with E-state index in [1.54, 1.807) is 0 Å². The number of benzene rings is 1. The Morgan fingerprint density at radius 1 is 1.31 bits per heavy atom. The molecule has 0 fully saturated rings. The van der Waals surface area contributed by atoms with E-state index in [-0.39, 0.29) is 12.7 Å². The number of aliphatic hydroxyl groups is 1. The topological polar surface area (TPSA) is 41.8 Å². The van der Waals surface area contributed by atoms with E-state index in [0.717, 1.165) is 17.7 Å². The number of hydrogen-bond acceptors (Lipinski definition) is 3. The molecule has 0 aromatic heterocycles. The molecule has 2 rings (SSSR count). The van der Waals surface area contributed by atoms with E-state index in [9.17, 15) is 0 Å². The molecule has 0 bridgehead atoms. The lowest BCUT2D eigenvalue weighted by Gasteiger charge is -2.16. The largest absolute Gasteiger partial charge is 0.396 e. The van der Waals surface area contributed by atoms with Crippen molar-refractivity contribution in [2.45, 2.75) is 25.9 Å². The van der Waals surface area contributed by atoms with Crippen LogP contribution >= 0.6 is 0 Å².